The summed E-state index contributed by atoms with van der Waals surface area (Å²) in [7, 11) is 0. The Labute approximate surface area is 146 Å². The second-order valence-electron chi connectivity index (χ2n) is 6.95. The van der Waals surface area contributed by atoms with Crippen LogP contribution in [0.15, 0.2) is 48.8 Å². The van der Waals surface area contributed by atoms with Gasteiger partial charge in [0.2, 0.25) is 0 Å². The van der Waals surface area contributed by atoms with E-state index in [2.05, 4.69) is 27.1 Å². The van der Waals surface area contributed by atoms with Gasteiger partial charge in [0.05, 0.1) is 0 Å². The Morgan fingerprint density at radius 2 is 2.04 bits per heavy atom. The van der Waals surface area contributed by atoms with Crippen molar-refractivity contribution in [3.8, 4) is 5.75 Å². The zero-order chi connectivity index (χ0) is 17.2. The number of aromatic amines is 1. The number of piperidine rings is 1. The summed E-state index contributed by atoms with van der Waals surface area (Å²) in [5.41, 5.74) is 3.11. The standard InChI is InChI=1S/C20H23N3O2/c24-13-14-8-16(18-9-22-20-17(18)5-3-7-21-20)12-23(10-14)11-15-4-1-2-6-19(15)25/h1-7,9,14,16,24-25H,8,10-13H2,(H,21,22). The van der Waals surface area contributed by atoms with Crippen molar-refractivity contribution < 1.29 is 10.2 Å². The van der Waals surface area contributed by atoms with Crippen LogP contribution in [0.2, 0.25) is 0 Å². The van der Waals surface area contributed by atoms with Crippen molar-refractivity contribution in [1.29, 1.82) is 0 Å². The molecule has 3 N–H and O–H groups in total. The molecule has 1 aliphatic rings. The third-order valence-electron chi connectivity index (χ3n) is 5.18. The van der Waals surface area contributed by atoms with Crippen molar-refractivity contribution in [2.24, 2.45) is 5.92 Å². The Bertz CT molecular complexity index is 861. The predicted molar refractivity (Wildman–Crippen MR) is 97.4 cm³/mol. The predicted octanol–water partition coefficient (Wildman–Crippen LogP) is 2.87. The third-order valence-corrected chi connectivity index (χ3v) is 5.18. The molecule has 1 saturated heterocycles. The van der Waals surface area contributed by atoms with Crippen LogP contribution in [0.4, 0.5) is 0 Å². The zero-order valence-electron chi connectivity index (χ0n) is 14.1. The highest BCUT2D eigenvalue weighted by Crippen LogP contribution is 2.34. The number of aromatic nitrogens is 2. The fourth-order valence-corrected chi connectivity index (χ4v) is 3.99. The van der Waals surface area contributed by atoms with Gasteiger partial charge in [-0.1, -0.05) is 18.2 Å². The number of likely N-dealkylation sites (tertiary alicyclic amines) is 1. The van der Waals surface area contributed by atoms with E-state index in [1.54, 1.807) is 12.3 Å². The van der Waals surface area contributed by atoms with Crippen LogP contribution in [-0.4, -0.2) is 44.8 Å². The molecular weight excluding hydrogens is 314 g/mol. The van der Waals surface area contributed by atoms with E-state index in [1.165, 1.54) is 5.56 Å². The maximum absolute atomic E-state index is 10.1. The first-order valence-corrected chi connectivity index (χ1v) is 8.76. The first kappa shape index (κ1) is 16.1. The first-order valence-electron chi connectivity index (χ1n) is 8.76. The van der Waals surface area contributed by atoms with Gasteiger partial charge in [-0.05, 0) is 42.0 Å². The highest BCUT2D eigenvalue weighted by molar-refractivity contribution is 5.80. The molecule has 2 atom stereocenters. The van der Waals surface area contributed by atoms with E-state index >= 15 is 0 Å². The van der Waals surface area contributed by atoms with Crippen LogP contribution in [0.5, 0.6) is 5.75 Å². The van der Waals surface area contributed by atoms with Crippen molar-refractivity contribution in [1.82, 2.24) is 14.9 Å². The molecule has 3 aromatic rings. The van der Waals surface area contributed by atoms with Crippen LogP contribution in [0.25, 0.3) is 11.0 Å². The number of benzene rings is 1. The number of nitrogens with one attached hydrogen (secondary N) is 1. The summed E-state index contributed by atoms with van der Waals surface area (Å²) < 4.78 is 0. The topological polar surface area (TPSA) is 72.4 Å². The highest BCUT2D eigenvalue weighted by Gasteiger charge is 2.29. The van der Waals surface area contributed by atoms with Gasteiger partial charge in [0.15, 0.2) is 0 Å². The molecule has 2 unspecified atom stereocenters. The lowest BCUT2D eigenvalue weighted by Crippen LogP contribution is -2.40. The first-order chi connectivity index (χ1) is 12.2. The van der Waals surface area contributed by atoms with Gasteiger partial charge in [0.25, 0.3) is 0 Å². The number of aliphatic hydroxyl groups excluding tert-OH is 1. The molecule has 0 aliphatic carbocycles. The van der Waals surface area contributed by atoms with Gasteiger partial charge in [0, 0.05) is 49.6 Å². The zero-order valence-corrected chi connectivity index (χ0v) is 14.1. The number of nitrogens with zero attached hydrogens (tertiary/aromatic N) is 2. The van der Waals surface area contributed by atoms with Crippen molar-refractivity contribution in [3.05, 3.63) is 59.9 Å². The van der Waals surface area contributed by atoms with Crippen molar-refractivity contribution in [2.75, 3.05) is 19.7 Å². The lowest BCUT2D eigenvalue weighted by Gasteiger charge is -2.37. The largest absolute Gasteiger partial charge is 0.508 e. The molecule has 25 heavy (non-hydrogen) atoms. The van der Waals surface area contributed by atoms with Crippen LogP contribution in [-0.2, 0) is 6.54 Å². The molecule has 1 aromatic carbocycles. The van der Waals surface area contributed by atoms with E-state index < -0.39 is 0 Å². The van der Waals surface area contributed by atoms with Crippen LogP contribution >= 0.6 is 0 Å². The molecule has 1 aliphatic heterocycles. The highest BCUT2D eigenvalue weighted by atomic mass is 16.3. The maximum Gasteiger partial charge on any atom is 0.137 e. The summed E-state index contributed by atoms with van der Waals surface area (Å²) in [6, 6.07) is 11.5. The Kier molecular flexibility index (Phi) is 4.42. The smallest absolute Gasteiger partial charge is 0.137 e. The lowest BCUT2D eigenvalue weighted by atomic mass is 9.84. The SMILES string of the molecule is OCC1CC(c2c[nH]c3ncccc23)CN(Cc2ccccc2O)C1. The van der Waals surface area contributed by atoms with Crippen LogP contribution in [0.1, 0.15) is 23.5 Å². The van der Waals surface area contributed by atoms with Gasteiger partial charge in [-0.3, -0.25) is 4.90 Å². The number of hydrogen-bond acceptors (Lipinski definition) is 4. The van der Waals surface area contributed by atoms with Crippen LogP contribution < -0.4 is 0 Å². The summed E-state index contributed by atoms with van der Waals surface area (Å²) in [4.78, 5) is 9.98. The number of pyridine rings is 1. The number of para-hydroxylation sites is 1. The average Bonchev–Trinajstić information content (AvgIpc) is 3.07. The number of aromatic hydroxyl groups is 1. The van der Waals surface area contributed by atoms with E-state index in [1.807, 2.05) is 24.3 Å². The summed E-state index contributed by atoms with van der Waals surface area (Å²) in [6.45, 7) is 2.64. The Morgan fingerprint density at radius 3 is 2.88 bits per heavy atom. The lowest BCUT2D eigenvalue weighted by molar-refractivity contribution is 0.102. The van der Waals surface area contributed by atoms with Gasteiger partial charge in [-0.15, -0.1) is 0 Å². The van der Waals surface area contributed by atoms with Gasteiger partial charge < -0.3 is 15.2 Å². The fourth-order valence-electron chi connectivity index (χ4n) is 3.99. The molecule has 5 nitrogen and oxygen atoms in total. The molecule has 0 bridgehead atoms. The van der Waals surface area contributed by atoms with E-state index in [0.29, 0.717) is 18.2 Å². The molecule has 0 amide bonds. The molecule has 2 aromatic heterocycles. The van der Waals surface area contributed by atoms with Crippen molar-refractivity contribution >= 4 is 11.0 Å². The average molecular weight is 337 g/mol. The van der Waals surface area contributed by atoms with Gasteiger partial charge in [-0.25, -0.2) is 4.98 Å². The van der Waals surface area contributed by atoms with E-state index in [4.69, 9.17) is 0 Å². The van der Waals surface area contributed by atoms with Gasteiger partial charge in [-0.2, -0.15) is 0 Å². The Morgan fingerprint density at radius 1 is 1.16 bits per heavy atom. The number of aliphatic hydroxyl groups is 1. The Hall–Kier alpha value is -2.37. The number of H-pyrrole nitrogens is 1. The molecule has 0 radical (unpaired) electrons. The monoisotopic (exact) mass is 337 g/mol. The third kappa shape index (κ3) is 3.25. The molecule has 5 heteroatoms. The Balaban J connectivity index is 1.59. The number of fused-ring (bicyclic) bond motifs is 1. The van der Waals surface area contributed by atoms with Crippen molar-refractivity contribution in [2.45, 2.75) is 18.9 Å². The minimum atomic E-state index is 0.189. The number of phenols is 1. The van der Waals surface area contributed by atoms with E-state index in [-0.39, 0.29) is 12.5 Å². The number of hydrogen-bond donors (Lipinski definition) is 3. The normalized spacial score (nSPS) is 21.6. The van der Waals surface area contributed by atoms with Gasteiger partial charge >= 0.3 is 0 Å². The summed E-state index contributed by atoms with van der Waals surface area (Å²) >= 11 is 0. The second-order valence-corrected chi connectivity index (χ2v) is 6.95. The van der Waals surface area contributed by atoms with E-state index in [0.717, 1.165) is 36.1 Å². The number of rotatable bonds is 4. The van der Waals surface area contributed by atoms with Crippen LogP contribution in [0, 0.1) is 5.92 Å². The van der Waals surface area contributed by atoms with E-state index in [9.17, 15) is 10.2 Å². The molecule has 1 fully saturated rings. The molecule has 4 rings (SSSR count). The van der Waals surface area contributed by atoms with Crippen LogP contribution in [0.3, 0.4) is 0 Å². The second kappa shape index (κ2) is 6.86. The quantitative estimate of drug-likeness (QED) is 0.684. The molecule has 0 spiro atoms. The maximum atomic E-state index is 10.1. The van der Waals surface area contributed by atoms with Crippen molar-refractivity contribution in [3.63, 3.8) is 0 Å². The summed E-state index contributed by atoms with van der Waals surface area (Å²) in [6.07, 6.45) is 4.82. The molecule has 0 saturated carbocycles. The minimum absolute atomic E-state index is 0.189. The fraction of sp³-hybridized carbons (Fsp3) is 0.350. The molecule has 3 heterocycles. The summed E-state index contributed by atoms with van der Waals surface area (Å²) in [5, 5.41) is 21.0. The minimum Gasteiger partial charge on any atom is -0.508 e. The summed E-state index contributed by atoms with van der Waals surface area (Å²) in [5.74, 6) is 0.919. The number of phenolic OH excluding ortho intramolecular Hbond substituents is 1. The molecule has 130 valence electrons. The molecular formula is C20H23N3O2. The van der Waals surface area contributed by atoms with Gasteiger partial charge in [0.1, 0.15) is 11.4 Å².